The van der Waals surface area contributed by atoms with Crippen LogP contribution >= 0.6 is 0 Å². The molecule has 3 aliphatic rings. The number of nitrogens with two attached hydrogens (primary N) is 2. The highest BCUT2D eigenvalue weighted by atomic mass is 16.2. The van der Waals surface area contributed by atoms with E-state index in [1.807, 2.05) is 0 Å². The van der Waals surface area contributed by atoms with E-state index in [0.717, 1.165) is 0 Å². The molecule has 11 heteroatoms. The molecular weight excluding hydrogens is 414 g/mol. The van der Waals surface area contributed by atoms with Crippen LogP contribution in [0, 0.1) is 23.2 Å². The number of hydrogen-bond acceptors (Lipinski definition) is 6. The molecule has 6 atom stereocenters. The third-order valence-electron chi connectivity index (χ3n) is 7.36. The Labute approximate surface area is 186 Å². The number of likely N-dealkylation sites (tertiary alicyclic amines) is 1. The van der Waals surface area contributed by atoms with Gasteiger partial charge in [0.05, 0.1) is 6.54 Å². The van der Waals surface area contributed by atoms with Gasteiger partial charge in [-0.15, -0.1) is 0 Å². The minimum Gasteiger partial charge on any atom is -0.368 e. The highest BCUT2D eigenvalue weighted by Gasteiger charge is 2.69. The lowest BCUT2D eigenvalue weighted by molar-refractivity contribution is -0.142. The van der Waals surface area contributed by atoms with Gasteiger partial charge < -0.3 is 27.0 Å². The molecule has 1 aromatic heterocycles. The van der Waals surface area contributed by atoms with Crippen LogP contribution in [0.25, 0.3) is 0 Å². The van der Waals surface area contributed by atoms with E-state index in [-0.39, 0.29) is 47.9 Å². The van der Waals surface area contributed by atoms with Gasteiger partial charge in [0.25, 0.3) is 0 Å². The molecule has 4 rings (SSSR count). The molecule has 2 aliphatic heterocycles. The lowest BCUT2D eigenvalue weighted by Crippen LogP contribution is -2.57. The molecule has 3 fully saturated rings. The number of primary amides is 1. The van der Waals surface area contributed by atoms with Gasteiger partial charge in [0.15, 0.2) is 0 Å². The molecule has 0 spiro atoms. The predicted molar refractivity (Wildman–Crippen MR) is 113 cm³/mol. The average molecular weight is 446 g/mol. The third-order valence-corrected chi connectivity index (χ3v) is 7.36. The maximum absolute atomic E-state index is 13.3. The number of fused-ring (bicyclic) bond motifs is 1. The molecule has 6 N–H and O–H groups in total. The first-order valence-corrected chi connectivity index (χ1v) is 11.0. The van der Waals surface area contributed by atoms with Crippen LogP contribution in [0.4, 0.5) is 0 Å². The van der Waals surface area contributed by atoms with Crippen LogP contribution in [-0.4, -0.2) is 69.5 Å². The summed E-state index contributed by atoms with van der Waals surface area (Å²) in [6.45, 7) is 5.33. The largest absolute Gasteiger partial charge is 0.368 e. The number of carbonyl (C=O) groups excluding carboxylic acids is 4. The summed E-state index contributed by atoms with van der Waals surface area (Å²) in [6.07, 6.45) is 4.06. The summed E-state index contributed by atoms with van der Waals surface area (Å²) >= 11 is 0. The number of piperidine rings is 1. The third kappa shape index (κ3) is 3.96. The summed E-state index contributed by atoms with van der Waals surface area (Å²) in [7, 11) is 0. The van der Waals surface area contributed by atoms with Crippen molar-refractivity contribution in [2.75, 3.05) is 13.1 Å². The van der Waals surface area contributed by atoms with E-state index in [2.05, 4.69) is 29.6 Å². The first kappa shape index (κ1) is 22.3. The molecule has 32 heavy (non-hydrogen) atoms. The van der Waals surface area contributed by atoms with Gasteiger partial charge in [-0.3, -0.25) is 23.9 Å². The van der Waals surface area contributed by atoms with Crippen molar-refractivity contribution in [1.82, 2.24) is 25.3 Å². The molecule has 0 bridgehead atoms. The molecule has 1 aliphatic carbocycles. The van der Waals surface area contributed by atoms with Crippen LogP contribution in [0.5, 0.6) is 0 Å². The summed E-state index contributed by atoms with van der Waals surface area (Å²) in [5, 5.41) is 9.53. The highest BCUT2D eigenvalue weighted by Crippen LogP contribution is 2.64. The zero-order chi connectivity index (χ0) is 23.2. The van der Waals surface area contributed by atoms with E-state index >= 15 is 0 Å². The van der Waals surface area contributed by atoms with Crippen molar-refractivity contribution >= 4 is 23.6 Å². The average Bonchev–Trinajstić information content (AvgIpc) is 3.28. The number of nitrogens with one attached hydrogen (secondary N) is 2. The highest BCUT2D eigenvalue weighted by molar-refractivity contribution is 5.94. The van der Waals surface area contributed by atoms with Gasteiger partial charge >= 0.3 is 0 Å². The maximum atomic E-state index is 13.3. The monoisotopic (exact) mass is 445 g/mol. The molecule has 0 aromatic carbocycles. The molecule has 0 unspecified atom stereocenters. The fourth-order valence-electron chi connectivity index (χ4n) is 5.37. The SMILES string of the molecule is CC1(C)[C@@H]2[C@@H](C(=O)N[C@@H](C[C@@H]3CCNC3=O)C(N)=O)N(C(=O)[C@@H](N)Cn3cccn3)C[C@@H]21. The van der Waals surface area contributed by atoms with Crippen LogP contribution in [0.1, 0.15) is 26.7 Å². The molecule has 174 valence electrons. The molecule has 4 amide bonds. The summed E-state index contributed by atoms with van der Waals surface area (Å²) in [4.78, 5) is 51.9. The smallest absolute Gasteiger partial charge is 0.243 e. The van der Waals surface area contributed by atoms with Crippen molar-refractivity contribution in [3.63, 3.8) is 0 Å². The fraction of sp³-hybridized carbons (Fsp3) is 0.667. The van der Waals surface area contributed by atoms with Gasteiger partial charge in [-0.2, -0.15) is 5.10 Å². The van der Waals surface area contributed by atoms with Crippen LogP contribution in [-0.2, 0) is 25.7 Å². The minimum absolute atomic E-state index is 0.0216. The second kappa shape index (κ2) is 8.19. The Morgan fingerprint density at radius 1 is 1.38 bits per heavy atom. The quantitative estimate of drug-likeness (QED) is 0.368. The minimum atomic E-state index is -0.980. The second-order valence-corrected chi connectivity index (χ2v) is 9.70. The van der Waals surface area contributed by atoms with E-state index in [9.17, 15) is 19.2 Å². The predicted octanol–water partition coefficient (Wildman–Crippen LogP) is -1.81. The number of hydrogen-bond donors (Lipinski definition) is 4. The molecule has 1 saturated carbocycles. The van der Waals surface area contributed by atoms with E-state index in [1.54, 1.807) is 23.1 Å². The van der Waals surface area contributed by atoms with Crippen molar-refractivity contribution in [1.29, 1.82) is 0 Å². The zero-order valence-electron chi connectivity index (χ0n) is 18.4. The molecule has 3 heterocycles. The summed E-state index contributed by atoms with van der Waals surface area (Å²) < 4.78 is 1.58. The molecular formula is C21H31N7O4. The number of aromatic nitrogens is 2. The standard InChI is InChI=1S/C21H31N7O4/c1-21(2)12-9-28(20(32)13(22)10-27-7-3-5-25-27)16(15(12)21)19(31)26-14(17(23)29)8-11-4-6-24-18(11)30/h3,5,7,11-16H,4,6,8-10,22H2,1-2H3,(H2,23,29)(H,24,30)(H,26,31)/t11-,12-,13-,14-,15-,16-/m0/s1. The first-order chi connectivity index (χ1) is 15.1. The fourth-order valence-corrected chi connectivity index (χ4v) is 5.37. The maximum Gasteiger partial charge on any atom is 0.243 e. The lowest BCUT2D eigenvalue weighted by atomic mass is 9.96. The van der Waals surface area contributed by atoms with Crippen LogP contribution in [0.3, 0.4) is 0 Å². The Balaban J connectivity index is 1.47. The molecule has 0 radical (unpaired) electrons. The molecule has 11 nitrogen and oxygen atoms in total. The van der Waals surface area contributed by atoms with Gasteiger partial charge in [-0.05, 0) is 36.2 Å². The van der Waals surface area contributed by atoms with Crippen molar-refractivity contribution in [2.24, 2.45) is 34.6 Å². The van der Waals surface area contributed by atoms with Crippen LogP contribution in [0.15, 0.2) is 18.5 Å². The van der Waals surface area contributed by atoms with Crippen LogP contribution < -0.4 is 22.1 Å². The van der Waals surface area contributed by atoms with E-state index in [0.29, 0.717) is 19.5 Å². The van der Waals surface area contributed by atoms with Gasteiger partial charge in [-0.1, -0.05) is 13.8 Å². The van der Waals surface area contributed by atoms with E-state index in [1.165, 1.54) is 4.90 Å². The topological polar surface area (TPSA) is 165 Å². The Hall–Kier alpha value is -2.95. The Kier molecular flexibility index (Phi) is 5.70. The van der Waals surface area contributed by atoms with Gasteiger partial charge in [0, 0.05) is 31.4 Å². The number of nitrogens with zero attached hydrogens (tertiary/aromatic N) is 3. The second-order valence-electron chi connectivity index (χ2n) is 9.70. The van der Waals surface area contributed by atoms with Crippen molar-refractivity contribution in [2.45, 2.75) is 51.4 Å². The lowest BCUT2D eigenvalue weighted by Gasteiger charge is -2.32. The first-order valence-electron chi connectivity index (χ1n) is 11.0. The van der Waals surface area contributed by atoms with Crippen molar-refractivity contribution in [3.05, 3.63) is 18.5 Å². The van der Waals surface area contributed by atoms with Crippen molar-refractivity contribution < 1.29 is 19.2 Å². The van der Waals surface area contributed by atoms with E-state index < -0.39 is 29.9 Å². The summed E-state index contributed by atoms with van der Waals surface area (Å²) in [5.74, 6) is -1.80. The van der Waals surface area contributed by atoms with Gasteiger partial charge in [0.1, 0.15) is 18.1 Å². The Morgan fingerprint density at radius 2 is 2.12 bits per heavy atom. The van der Waals surface area contributed by atoms with Gasteiger partial charge in [0.2, 0.25) is 23.6 Å². The Bertz CT molecular complexity index is 915. The Morgan fingerprint density at radius 3 is 2.72 bits per heavy atom. The number of rotatable bonds is 8. The zero-order valence-corrected chi connectivity index (χ0v) is 18.4. The molecule has 1 aromatic rings. The number of amides is 4. The summed E-state index contributed by atoms with van der Waals surface area (Å²) in [6, 6.07) is -0.812. The van der Waals surface area contributed by atoms with E-state index in [4.69, 9.17) is 11.5 Å². The van der Waals surface area contributed by atoms with Crippen LogP contribution in [0.2, 0.25) is 0 Å². The van der Waals surface area contributed by atoms with Crippen molar-refractivity contribution in [3.8, 4) is 0 Å². The number of carbonyl (C=O) groups is 4. The molecule has 2 saturated heterocycles. The normalized spacial score (nSPS) is 29.7. The summed E-state index contributed by atoms with van der Waals surface area (Å²) in [5.41, 5.74) is 11.6. The van der Waals surface area contributed by atoms with Gasteiger partial charge in [-0.25, -0.2) is 0 Å².